The Morgan fingerprint density at radius 2 is 2.07 bits per heavy atom. The van der Waals surface area contributed by atoms with E-state index < -0.39 is 0 Å². The summed E-state index contributed by atoms with van der Waals surface area (Å²) in [5, 5.41) is 17.7. The molecular weight excluding hydrogens is 180 g/mol. The van der Waals surface area contributed by atoms with Crippen LogP contribution >= 0.6 is 0 Å². The van der Waals surface area contributed by atoms with Crippen LogP contribution in [-0.4, -0.2) is 23.4 Å². The van der Waals surface area contributed by atoms with E-state index in [2.05, 4.69) is 0 Å². The zero-order valence-corrected chi connectivity index (χ0v) is 8.36. The predicted octanol–water partition coefficient (Wildman–Crippen LogP) is 1.25. The first kappa shape index (κ1) is 11.0. The first-order valence-electron chi connectivity index (χ1n) is 4.72. The molecule has 1 aromatic rings. The second-order valence-corrected chi connectivity index (χ2v) is 3.19. The minimum absolute atomic E-state index is 0.0177. The highest BCUT2D eigenvalue weighted by Gasteiger charge is 2.02. The lowest BCUT2D eigenvalue weighted by Gasteiger charge is -2.09. The average molecular weight is 196 g/mol. The van der Waals surface area contributed by atoms with Crippen molar-refractivity contribution in [3.63, 3.8) is 0 Å². The van der Waals surface area contributed by atoms with Crippen LogP contribution in [0.5, 0.6) is 5.75 Å². The number of aliphatic hydroxyl groups is 2. The van der Waals surface area contributed by atoms with E-state index in [1.54, 1.807) is 0 Å². The largest absolute Gasteiger partial charge is 0.493 e. The SMILES string of the molecule is Cc1ccc(OCCCO)c(CO)c1. The third-order valence-electron chi connectivity index (χ3n) is 1.95. The van der Waals surface area contributed by atoms with Crippen LogP contribution in [0.3, 0.4) is 0 Å². The van der Waals surface area contributed by atoms with Crippen molar-refractivity contribution in [2.24, 2.45) is 0 Å². The van der Waals surface area contributed by atoms with Gasteiger partial charge in [0.15, 0.2) is 0 Å². The van der Waals surface area contributed by atoms with Gasteiger partial charge in [-0.1, -0.05) is 17.7 Å². The highest BCUT2D eigenvalue weighted by atomic mass is 16.5. The van der Waals surface area contributed by atoms with Crippen molar-refractivity contribution in [2.75, 3.05) is 13.2 Å². The van der Waals surface area contributed by atoms with Gasteiger partial charge in [-0.15, -0.1) is 0 Å². The molecule has 0 saturated carbocycles. The molecule has 3 heteroatoms. The van der Waals surface area contributed by atoms with Gasteiger partial charge in [0.2, 0.25) is 0 Å². The number of benzene rings is 1. The monoisotopic (exact) mass is 196 g/mol. The van der Waals surface area contributed by atoms with E-state index in [9.17, 15) is 0 Å². The maximum Gasteiger partial charge on any atom is 0.124 e. The summed E-state index contributed by atoms with van der Waals surface area (Å²) >= 11 is 0. The van der Waals surface area contributed by atoms with Crippen molar-refractivity contribution in [3.05, 3.63) is 29.3 Å². The summed E-state index contributed by atoms with van der Waals surface area (Å²) in [5.41, 5.74) is 1.89. The Hall–Kier alpha value is -1.06. The van der Waals surface area contributed by atoms with Gasteiger partial charge in [-0.25, -0.2) is 0 Å². The zero-order valence-electron chi connectivity index (χ0n) is 8.36. The van der Waals surface area contributed by atoms with Crippen LogP contribution in [0.1, 0.15) is 17.5 Å². The van der Waals surface area contributed by atoms with Gasteiger partial charge < -0.3 is 14.9 Å². The molecule has 0 aliphatic heterocycles. The highest BCUT2D eigenvalue weighted by Crippen LogP contribution is 2.19. The van der Waals surface area contributed by atoms with Crippen LogP contribution in [-0.2, 0) is 6.61 Å². The molecule has 0 spiro atoms. The molecule has 0 heterocycles. The lowest BCUT2D eigenvalue weighted by atomic mass is 10.1. The Labute approximate surface area is 84.0 Å². The van der Waals surface area contributed by atoms with E-state index in [1.165, 1.54) is 0 Å². The maximum absolute atomic E-state index is 9.07. The molecule has 3 nitrogen and oxygen atoms in total. The van der Waals surface area contributed by atoms with E-state index in [-0.39, 0.29) is 13.2 Å². The van der Waals surface area contributed by atoms with Gasteiger partial charge >= 0.3 is 0 Å². The first-order chi connectivity index (χ1) is 6.77. The number of ether oxygens (including phenoxy) is 1. The van der Waals surface area contributed by atoms with Crippen LogP contribution < -0.4 is 4.74 Å². The normalized spacial score (nSPS) is 10.2. The second kappa shape index (κ2) is 5.62. The standard InChI is InChI=1S/C11H16O3/c1-9-3-4-11(10(7-9)8-13)14-6-2-5-12/h3-4,7,12-13H,2,5-6,8H2,1H3. The fraction of sp³-hybridized carbons (Fsp3) is 0.455. The van der Waals surface area contributed by atoms with Crippen LogP contribution in [0.25, 0.3) is 0 Å². The van der Waals surface area contributed by atoms with E-state index in [4.69, 9.17) is 14.9 Å². The van der Waals surface area contributed by atoms with Gasteiger partial charge in [0, 0.05) is 18.6 Å². The van der Waals surface area contributed by atoms with E-state index in [1.807, 2.05) is 25.1 Å². The zero-order chi connectivity index (χ0) is 10.4. The fourth-order valence-electron chi connectivity index (χ4n) is 1.22. The van der Waals surface area contributed by atoms with E-state index >= 15 is 0 Å². The van der Waals surface area contributed by atoms with E-state index in [0.29, 0.717) is 18.8 Å². The topological polar surface area (TPSA) is 49.7 Å². The Kier molecular flexibility index (Phi) is 4.43. The van der Waals surface area contributed by atoms with Crippen molar-refractivity contribution < 1.29 is 14.9 Å². The summed E-state index contributed by atoms with van der Waals surface area (Å²) in [7, 11) is 0. The maximum atomic E-state index is 9.07. The molecule has 0 aliphatic carbocycles. The van der Waals surface area contributed by atoms with Crippen molar-refractivity contribution >= 4 is 0 Å². The summed E-state index contributed by atoms with van der Waals surface area (Å²) in [6.07, 6.45) is 0.610. The van der Waals surface area contributed by atoms with Gasteiger partial charge in [-0.2, -0.15) is 0 Å². The molecule has 0 bridgehead atoms. The van der Waals surface area contributed by atoms with Crippen LogP contribution in [0.4, 0.5) is 0 Å². The predicted molar refractivity (Wildman–Crippen MR) is 54.3 cm³/mol. The summed E-state index contributed by atoms with van der Waals surface area (Å²) < 4.78 is 5.40. The molecule has 0 saturated heterocycles. The molecule has 1 aromatic carbocycles. The molecule has 78 valence electrons. The van der Waals surface area contributed by atoms with Crippen LogP contribution in [0.15, 0.2) is 18.2 Å². The number of hydrogen-bond donors (Lipinski definition) is 2. The van der Waals surface area contributed by atoms with Gasteiger partial charge in [0.05, 0.1) is 13.2 Å². The molecule has 0 fully saturated rings. The molecule has 14 heavy (non-hydrogen) atoms. The second-order valence-electron chi connectivity index (χ2n) is 3.19. The molecule has 0 aromatic heterocycles. The van der Waals surface area contributed by atoms with Gasteiger partial charge in [-0.05, 0) is 13.0 Å². The van der Waals surface area contributed by atoms with Gasteiger partial charge in [0.1, 0.15) is 5.75 Å². The molecule has 2 N–H and O–H groups in total. The number of rotatable bonds is 5. The molecule has 0 amide bonds. The molecule has 0 aliphatic rings. The number of aryl methyl sites for hydroxylation is 1. The summed E-state index contributed by atoms with van der Waals surface area (Å²) in [6.45, 7) is 2.56. The molecular formula is C11H16O3. The van der Waals surface area contributed by atoms with Crippen LogP contribution in [0, 0.1) is 6.92 Å². The van der Waals surface area contributed by atoms with Crippen molar-refractivity contribution in [1.29, 1.82) is 0 Å². The van der Waals surface area contributed by atoms with Gasteiger partial charge in [0.25, 0.3) is 0 Å². The smallest absolute Gasteiger partial charge is 0.124 e. The van der Waals surface area contributed by atoms with Crippen LogP contribution in [0.2, 0.25) is 0 Å². The summed E-state index contributed by atoms with van der Waals surface area (Å²) in [4.78, 5) is 0. The lowest BCUT2D eigenvalue weighted by Crippen LogP contribution is -2.02. The molecule has 0 atom stereocenters. The third-order valence-corrected chi connectivity index (χ3v) is 1.95. The highest BCUT2D eigenvalue weighted by molar-refractivity contribution is 5.36. The number of aliphatic hydroxyl groups excluding tert-OH is 2. The average Bonchev–Trinajstić information content (AvgIpc) is 2.20. The Morgan fingerprint density at radius 3 is 2.71 bits per heavy atom. The van der Waals surface area contributed by atoms with Crippen molar-refractivity contribution in [1.82, 2.24) is 0 Å². The third kappa shape index (κ3) is 3.01. The van der Waals surface area contributed by atoms with Crippen molar-refractivity contribution in [3.8, 4) is 5.75 Å². The van der Waals surface area contributed by atoms with E-state index in [0.717, 1.165) is 11.1 Å². The minimum atomic E-state index is -0.0177. The first-order valence-corrected chi connectivity index (χ1v) is 4.72. The summed E-state index contributed by atoms with van der Waals surface area (Å²) in [6, 6.07) is 5.68. The number of hydrogen-bond acceptors (Lipinski definition) is 3. The Morgan fingerprint density at radius 1 is 1.29 bits per heavy atom. The molecule has 0 radical (unpaired) electrons. The van der Waals surface area contributed by atoms with Gasteiger partial charge in [-0.3, -0.25) is 0 Å². The lowest BCUT2D eigenvalue weighted by molar-refractivity contribution is 0.226. The molecule has 0 unspecified atom stereocenters. The Bertz CT molecular complexity index is 284. The minimum Gasteiger partial charge on any atom is -0.493 e. The quantitative estimate of drug-likeness (QED) is 0.697. The molecule has 1 rings (SSSR count). The fourth-order valence-corrected chi connectivity index (χ4v) is 1.22. The summed E-state index contributed by atoms with van der Waals surface area (Å²) in [5.74, 6) is 0.701. The van der Waals surface area contributed by atoms with Crippen molar-refractivity contribution in [2.45, 2.75) is 20.0 Å². The Balaban J connectivity index is 2.65.